The highest BCUT2D eigenvalue weighted by Crippen LogP contribution is 2.15. The van der Waals surface area contributed by atoms with E-state index >= 15 is 0 Å². The van der Waals surface area contributed by atoms with Crippen molar-refractivity contribution in [1.29, 1.82) is 0 Å². The summed E-state index contributed by atoms with van der Waals surface area (Å²) >= 11 is 5.65. The molecule has 68 valence electrons. The van der Waals surface area contributed by atoms with Crippen molar-refractivity contribution in [2.24, 2.45) is 0 Å². The van der Waals surface area contributed by atoms with Crippen molar-refractivity contribution in [3.63, 3.8) is 0 Å². The lowest BCUT2D eigenvalue weighted by Crippen LogP contribution is -1.88. The number of benzene rings is 1. The van der Waals surface area contributed by atoms with Gasteiger partial charge in [0.2, 0.25) is 0 Å². The molecule has 0 fully saturated rings. The van der Waals surface area contributed by atoms with Gasteiger partial charge in [0.05, 0.1) is 0 Å². The average Bonchev–Trinajstić information content (AvgIpc) is 2.04. The van der Waals surface area contributed by atoms with Crippen LogP contribution in [0.2, 0.25) is 5.02 Å². The number of aliphatic hydroxyl groups excluding tert-OH is 1. The number of carbonyl (C=O) groups is 1. The fourth-order valence-electron chi connectivity index (χ4n) is 0.897. The molecule has 0 saturated heterocycles. The van der Waals surface area contributed by atoms with E-state index in [1.54, 1.807) is 24.3 Å². The Kier molecular flexibility index (Phi) is 3.09. The van der Waals surface area contributed by atoms with Crippen molar-refractivity contribution in [3.8, 4) is 0 Å². The lowest BCUT2D eigenvalue weighted by Gasteiger charge is -1.98. The Bertz CT molecular complexity index is 338. The maximum absolute atomic E-state index is 10.6. The molecule has 2 nitrogen and oxygen atoms in total. The standard InChI is InChI=1S/C10H9ClO2/c1-7(12)6-10(13)8-2-4-9(11)5-3-8/h2-6,13H,1H3/b10-6-. The Hall–Kier alpha value is -1.28. The molecule has 0 bridgehead atoms. The number of hydrogen-bond acceptors (Lipinski definition) is 2. The molecule has 0 aliphatic heterocycles. The van der Waals surface area contributed by atoms with Gasteiger partial charge < -0.3 is 5.11 Å². The summed E-state index contributed by atoms with van der Waals surface area (Å²) in [7, 11) is 0. The summed E-state index contributed by atoms with van der Waals surface area (Å²) in [6.45, 7) is 1.38. The largest absolute Gasteiger partial charge is 0.507 e. The van der Waals surface area contributed by atoms with Crippen molar-refractivity contribution in [2.45, 2.75) is 6.92 Å². The van der Waals surface area contributed by atoms with Crippen molar-refractivity contribution in [2.75, 3.05) is 0 Å². The molecule has 0 aliphatic carbocycles. The van der Waals surface area contributed by atoms with Crippen LogP contribution in [0.3, 0.4) is 0 Å². The van der Waals surface area contributed by atoms with Gasteiger partial charge in [-0.1, -0.05) is 11.6 Å². The van der Waals surface area contributed by atoms with Gasteiger partial charge in [0.1, 0.15) is 5.76 Å². The maximum Gasteiger partial charge on any atom is 0.156 e. The molecule has 13 heavy (non-hydrogen) atoms. The fourth-order valence-corrected chi connectivity index (χ4v) is 1.02. The lowest BCUT2D eigenvalue weighted by molar-refractivity contribution is -0.112. The van der Waals surface area contributed by atoms with Crippen molar-refractivity contribution < 1.29 is 9.90 Å². The SMILES string of the molecule is CC(=O)/C=C(\O)c1ccc(Cl)cc1. The predicted octanol–water partition coefficient (Wildman–Crippen LogP) is 2.83. The topological polar surface area (TPSA) is 37.3 Å². The summed E-state index contributed by atoms with van der Waals surface area (Å²) < 4.78 is 0. The van der Waals surface area contributed by atoms with E-state index < -0.39 is 0 Å². The molecule has 0 aliphatic rings. The Labute approximate surface area is 81.5 Å². The minimum absolute atomic E-state index is 0.0378. The molecule has 0 amide bonds. The lowest BCUT2D eigenvalue weighted by atomic mass is 10.1. The fraction of sp³-hybridized carbons (Fsp3) is 0.100. The van der Waals surface area contributed by atoms with Crippen molar-refractivity contribution in [3.05, 3.63) is 40.9 Å². The summed E-state index contributed by atoms with van der Waals surface area (Å²) in [6.07, 6.45) is 1.17. The highest BCUT2D eigenvalue weighted by Gasteiger charge is 1.99. The van der Waals surface area contributed by atoms with Crippen LogP contribution < -0.4 is 0 Å². The molecule has 0 saturated carbocycles. The molecule has 1 rings (SSSR count). The van der Waals surface area contributed by atoms with Gasteiger partial charge in [-0.25, -0.2) is 0 Å². The molecule has 1 aromatic carbocycles. The van der Waals surface area contributed by atoms with Crippen LogP contribution in [0.25, 0.3) is 5.76 Å². The van der Waals surface area contributed by atoms with Crippen LogP contribution in [0.4, 0.5) is 0 Å². The maximum atomic E-state index is 10.6. The van der Waals surface area contributed by atoms with E-state index in [1.807, 2.05) is 0 Å². The van der Waals surface area contributed by atoms with Gasteiger partial charge in [0.25, 0.3) is 0 Å². The van der Waals surface area contributed by atoms with Gasteiger partial charge in [0.15, 0.2) is 5.78 Å². The van der Waals surface area contributed by atoms with Crippen LogP contribution in [-0.2, 0) is 4.79 Å². The number of carbonyl (C=O) groups excluding carboxylic acids is 1. The van der Waals surface area contributed by atoms with E-state index in [9.17, 15) is 9.90 Å². The Balaban J connectivity index is 2.96. The van der Waals surface area contributed by atoms with E-state index in [0.29, 0.717) is 10.6 Å². The first kappa shape index (κ1) is 9.81. The summed E-state index contributed by atoms with van der Waals surface area (Å²) in [5.74, 6) is -0.225. The normalized spacial score (nSPS) is 11.4. The quantitative estimate of drug-likeness (QED) is 0.584. The van der Waals surface area contributed by atoms with Gasteiger partial charge >= 0.3 is 0 Å². The van der Waals surface area contributed by atoms with Crippen LogP contribution >= 0.6 is 11.6 Å². The Morgan fingerprint density at radius 2 is 1.92 bits per heavy atom. The number of hydrogen-bond donors (Lipinski definition) is 1. The third-order valence-corrected chi connectivity index (χ3v) is 1.73. The second-order valence-electron chi connectivity index (χ2n) is 2.65. The molecule has 0 atom stereocenters. The number of rotatable bonds is 2. The summed E-state index contributed by atoms with van der Waals surface area (Å²) in [5.41, 5.74) is 0.583. The monoisotopic (exact) mass is 196 g/mol. The summed E-state index contributed by atoms with van der Waals surface area (Å²) in [4.78, 5) is 10.6. The molecule has 0 spiro atoms. The van der Waals surface area contributed by atoms with Crippen LogP contribution in [0.15, 0.2) is 30.3 Å². The van der Waals surface area contributed by atoms with Gasteiger partial charge in [-0.15, -0.1) is 0 Å². The first-order chi connectivity index (χ1) is 6.09. The summed E-state index contributed by atoms with van der Waals surface area (Å²) in [5, 5.41) is 9.98. The number of halogens is 1. The smallest absolute Gasteiger partial charge is 0.156 e. The van der Waals surface area contributed by atoms with Gasteiger partial charge in [-0.3, -0.25) is 4.79 Å². The average molecular weight is 197 g/mol. The van der Waals surface area contributed by atoms with Crippen LogP contribution in [0.5, 0.6) is 0 Å². The minimum Gasteiger partial charge on any atom is -0.507 e. The highest BCUT2D eigenvalue weighted by atomic mass is 35.5. The van der Waals surface area contributed by atoms with Gasteiger partial charge in [0, 0.05) is 16.7 Å². The zero-order chi connectivity index (χ0) is 9.84. The minimum atomic E-state index is -0.188. The molecular weight excluding hydrogens is 188 g/mol. The summed E-state index contributed by atoms with van der Waals surface area (Å²) in [6, 6.07) is 6.61. The highest BCUT2D eigenvalue weighted by molar-refractivity contribution is 6.30. The Morgan fingerprint density at radius 3 is 2.38 bits per heavy atom. The first-order valence-electron chi connectivity index (χ1n) is 3.77. The second kappa shape index (κ2) is 4.10. The first-order valence-corrected chi connectivity index (χ1v) is 4.14. The molecule has 0 heterocycles. The van der Waals surface area contributed by atoms with Gasteiger partial charge in [-0.2, -0.15) is 0 Å². The molecule has 1 aromatic rings. The molecule has 0 aromatic heterocycles. The molecule has 3 heteroatoms. The molecular formula is C10H9ClO2. The molecule has 1 N–H and O–H groups in total. The Morgan fingerprint density at radius 1 is 1.38 bits per heavy atom. The van der Waals surface area contributed by atoms with E-state index in [4.69, 9.17) is 11.6 Å². The second-order valence-corrected chi connectivity index (χ2v) is 3.08. The van der Waals surface area contributed by atoms with E-state index in [1.165, 1.54) is 13.0 Å². The number of aliphatic hydroxyl groups is 1. The van der Waals surface area contributed by atoms with Crippen LogP contribution in [0, 0.1) is 0 Å². The van der Waals surface area contributed by atoms with E-state index in [0.717, 1.165) is 0 Å². The molecule has 0 unspecified atom stereocenters. The van der Waals surface area contributed by atoms with Crippen LogP contribution in [-0.4, -0.2) is 10.9 Å². The van der Waals surface area contributed by atoms with E-state index in [2.05, 4.69) is 0 Å². The van der Waals surface area contributed by atoms with Crippen LogP contribution in [0.1, 0.15) is 12.5 Å². The van der Waals surface area contributed by atoms with Crippen molar-refractivity contribution >= 4 is 23.1 Å². The van der Waals surface area contributed by atoms with E-state index in [-0.39, 0.29) is 11.5 Å². The third kappa shape index (κ3) is 2.92. The molecule has 0 radical (unpaired) electrons. The third-order valence-electron chi connectivity index (χ3n) is 1.48. The zero-order valence-corrected chi connectivity index (χ0v) is 7.88. The number of allylic oxidation sites excluding steroid dienone is 1. The predicted molar refractivity (Wildman–Crippen MR) is 52.7 cm³/mol. The van der Waals surface area contributed by atoms with Crippen molar-refractivity contribution in [1.82, 2.24) is 0 Å². The zero-order valence-electron chi connectivity index (χ0n) is 7.12. The van der Waals surface area contributed by atoms with Gasteiger partial charge in [-0.05, 0) is 31.2 Å². The number of ketones is 1.